The van der Waals surface area contributed by atoms with Gasteiger partial charge in [0.1, 0.15) is 23.4 Å². The number of fused-ring (bicyclic) bond motifs is 2. The van der Waals surface area contributed by atoms with Gasteiger partial charge in [0.2, 0.25) is 5.91 Å². The molecule has 0 radical (unpaired) electrons. The Kier molecular flexibility index (Phi) is 6.28. The van der Waals surface area contributed by atoms with Crippen molar-refractivity contribution in [2.24, 2.45) is 5.92 Å². The summed E-state index contributed by atoms with van der Waals surface area (Å²) in [6.45, 7) is 6.57. The van der Waals surface area contributed by atoms with Crippen LogP contribution in [-0.2, 0) is 4.79 Å². The summed E-state index contributed by atoms with van der Waals surface area (Å²) in [5.41, 5.74) is 6.81. The molecule has 0 bridgehead atoms. The van der Waals surface area contributed by atoms with Crippen LogP contribution in [-0.4, -0.2) is 55.3 Å². The number of halogens is 1. The number of hydrogen-bond acceptors (Lipinski definition) is 5. The van der Waals surface area contributed by atoms with E-state index in [0.29, 0.717) is 40.8 Å². The number of hydrogen-bond donors (Lipinski definition) is 2. The van der Waals surface area contributed by atoms with Gasteiger partial charge in [0.15, 0.2) is 0 Å². The highest BCUT2D eigenvalue weighted by molar-refractivity contribution is 5.91. The van der Waals surface area contributed by atoms with E-state index in [9.17, 15) is 9.59 Å². The largest absolute Gasteiger partial charge is 0.477 e. The van der Waals surface area contributed by atoms with Crippen LogP contribution >= 0.6 is 0 Å². The van der Waals surface area contributed by atoms with Crippen molar-refractivity contribution in [2.75, 3.05) is 11.9 Å². The number of benzene rings is 1. The lowest BCUT2D eigenvalue weighted by Gasteiger charge is -2.40. The first-order chi connectivity index (χ1) is 19.3. The highest BCUT2D eigenvalue weighted by atomic mass is 19.1. The van der Waals surface area contributed by atoms with Gasteiger partial charge in [-0.25, -0.2) is 18.9 Å². The number of nitrogens with zero attached hydrogens (tertiary/aromatic N) is 4. The molecule has 2 N–H and O–H groups in total. The van der Waals surface area contributed by atoms with Crippen LogP contribution in [0.25, 0.3) is 28.1 Å². The molecule has 1 amide bonds. The maximum atomic E-state index is 15.3. The predicted molar refractivity (Wildman–Crippen MR) is 150 cm³/mol. The number of carboxylic acid groups (broad SMARTS) is 1. The fraction of sp³-hybridized carbons (Fsp3) is 0.194. The molecule has 3 aliphatic rings. The first-order valence-electron chi connectivity index (χ1n) is 13.0. The highest BCUT2D eigenvalue weighted by Crippen LogP contribution is 2.34. The van der Waals surface area contributed by atoms with Crippen molar-refractivity contribution >= 4 is 23.4 Å². The first-order valence-corrected chi connectivity index (χ1v) is 13.0. The van der Waals surface area contributed by atoms with Crippen LogP contribution in [0.1, 0.15) is 23.8 Å². The summed E-state index contributed by atoms with van der Waals surface area (Å²) in [6, 6.07) is 8.70. The third-order valence-electron chi connectivity index (χ3n) is 7.60. The lowest BCUT2D eigenvalue weighted by Crippen LogP contribution is -2.51. The molecule has 2 aliphatic heterocycles. The molecule has 8 nitrogen and oxygen atoms in total. The number of rotatable bonds is 5. The highest BCUT2D eigenvalue weighted by Gasteiger charge is 2.36. The summed E-state index contributed by atoms with van der Waals surface area (Å²) in [5.74, 6) is -0.802. The molecule has 0 spiro atoms. The summed E-state index contributed by atoms with van der Waals surface area (Å²) >= 11 is 0. The van der Waals surface area contributed by atoms with Crippen molar-refractivity contribution in [3.63, 3.8) is 0 Å². The van der Waals surface area contributed by atoms with Crippen molar-refractivity contribution in [1.29, 1.82) is 0 Å². The number of aromatic carboxylic acids is 1. The normalized spacial score (nSPS) is 21.1. The molecule has 3 unspecified atom stereocenters. The van der Waals surface area contributed by atoms with E-state index in [4.69, 9.17) is 5.11 Å². The van der Waals surface area contributed by atoms with Crippen molar-refractivity contribution in [3.05, 3.63) is 102 Å². The maximum absolute atomic E-state index is 15.3. The van der Waals surface area contributed by atoms with Gasteiger partial charge in [-0.2, -0.15) is 5.10 Å². The molecule has 3 atom stereocenters. The molecule has 0 saturated carbocycles. The van der Waals surface area contributed by atoms with Gasteiger partial charge in [-0.05, 0) is 55.3 Å². The van der Waals surface area contributed by atoms with E-state index >= 15 is 4.39 Å². The Morgan fingerprint density at radius 1 is 1.23 bits per heavy atom. The number of amides is 1. The molecule has 2 aromatic heterocycles. The zero-order chi connectivity index (χ0) is 28.0. The number of anilines is 1. The van der Waals surface area contributed by atoms with Crippen molar-refractivity contribution in [2.45, 2.75) is 25.4 Å². The molecular formula is C31H26FN5O3. The Hall–Kier alpha value is -5.01. The molecule has 200 valence electrons. The predicted octanol–water partition coefficient (Wildman–Crippen LogP) is 5.16. The van der Waals surface area contributed by atoms with Crippen molar-refractivity contribution in [3.8, 4) is 22.4 Å². The molecule has 1 aromatic carbocycles. The van der Waals surface area contributed by atoms with E-state index < -0.39 is 17.8 Å². The average Bonchev–Trinajstić information content (AvgIpc) is 3.40. The number of carbonyl (C=O) groups excluding carboxylic acids is 1. The molecular weight excluding hydrogens is 509 g/mol. The molecule has 9 heteroatoms. The number of allylic oxidation sites excluding steroid dienone is 4. The Morgan fingerprint density at radius 2 is 2.05 bits per heavy atom. The number of aromatic nitrogens is 3. The third-order valence-corrected chi connectivity index (χ3v) is 7.60. The Labute approximate surface area is 230 Å². The lowest BCUT2D eigenvalue weighted by molar-refractivity contribution is -0.133. The minimum absolute atomic E-state index is 0.0544. The SMILES string of the molecule is C=CC1=CC(C(=O)N2CCC3C=CC=C=C3C2C)Nc2cc(-c3ccc(-c4ccc(C(=O)O)nc4)cc3F)nn21. The monoisotopic (exact) mass is 535 g/mol. The minimum Gasteiger partial charge on any atom is -0.477 e. The van der Waals surface area contributed by atoms with Gasteiger partial charge in [-0.3, -0.25) is 4.79 Å². The summed E-state index contributed by atoms with van der Waals surface area (Å²) in [4.78, 5) is 30.5. The first kappa shape index (κ1) is 25.3. The zero-order valence-electron chi connectivity index (χ0n) is 21.7. The van der Waals surface area contributed by atoms with Crippen molar-refractivity contribution < 1.29 is 19.1 Å². The number of nitrogens with one attached hydrogen (secondary N) is 1. The van der Waals surface area contributed by atoms with E-state index in [1.807, 2.05) is 24.0 Å². The smallest absolute Gasteiger partial charge is 0.354 e. The van der Waals surface area contributed by atoms with Gasteiger partial charge in [-0.1, -0.05) is 30.9 Å². The lowest BCUT2D eigenvalue weighted by atomic mass is 9.84. The summed E-state index contributed by atoms with van der Waals surface area (Å²) < 4.78 is 16.9. The Morgan fingerprint density at radius 3 is 2.77 bits per heavy atom. The fourth-order valence-corrected chi connectivity index (χ4v) is 5.48. The molecule has 1 aliphatic carbocycles. The van der Waals surface area contributed by atoms with E-state index in [-0.39, 0.29) is 23.2 Å². The minimum atomic E-state index is -1.13. The topological polar surface area (TPSA) is 100 Å². The third kappa shape index (κ3) is 4.36. The van der Waals surface area contributed by atoms with Crippen LogP contribution in [0.2, 0.25) is 0 Å². The van der Waals surface area contributed by atoms with Gasteiger partial charge in [0.25, 0.3) is 0 Å². The number of pyridine rings is 1. The second-order valence-electron chi connectivity index (χ2n) is 9.93. The average molecular weight is 536 g/mol. The van der Waals surface area contributed by atoms with Crippen LogP contribution in [0.3, 0.4) is 0 Å². The van der Waals surface area contributed by atoms with Gasteiger partial charge >= 0.3 is 5.97 Å². The standard InChI is InChI=1S/C31H26FN5O3/c1-3-22-15-28(30(38)36-13-12-19-6-4-5-7-23(19)18(36)2)34-29-16-27(35-37(22)29)24-10-8-20(14-25(24)32)21-9-11-26(31(39)40)33-17-21/h3-6,8-11,14-19,28,34H,1,12-13H2,2H3,(H,39,40). The van der Waals surface area contributed by atoms with Crippen LogP contribution in [0.5, 0.6) is 0 Å². The van der Waals surface area contributed by atoms with E-state index in [1.165, 1.54) is 18.3 Å². The molecule has 1 saturated heterocycles. The fourth-order valence-electron chi connectivity index (χ4n) is 5.48. The molecule has 3 aromatic rings. The second-order valence-corrected chi connectivity index (χ2v) is 9.93. The van der Waals surface area contributed by atoms with Gasteiger partial charge in [0, 0.05) is 41.4 Å². The van der Waals surface area contributed by atoms with Crippen LogP contribution in [0, 0.1) is 11.7 Å². The molecule has 1 fully saturated rings. The van der Waals surface area contributed by atoms with E-state index in [0.717, 1.165) is 12.0 Å². The quantitative estimate of drug-likeness (QED) is 0.438. The van der Waals surface area contributed by atoms with E-state index in [2.05, 4.69) is 33.8 Å². The van der Waals surface area contributed by atoms with E-state index in [1.54, 1.807) is 41.1 Å². The van der Waals surface area contributed by atoms with Gasteiger partial charge < -0.3 is 15.3 Å². The summed E-state index contributed by atoms with van der Waals surface area (Å²) in [7, 11) is 0. The number of likely N-dealkylation sites (tertiary alicyclic amines) is 1. The molecule has 4 heterocycles. The number of carboxylic acids is 1. The van der Waals surface area contributed by atoms with Crippen molar-refractivity contribution in [1.82, 2.24) is 19.7 Å². The maximum Gasteiger partial charge on any atom is 0.354 e. The summed E-state index contributed by atoms with van der Waals surface area (Å²) in [5, 5.41) is 16.9. The molecule has 6 rings (SSSR count). The zero-order valence-corrected chi connectivity index (χ0v) is 21.7. The molecule has 40 heavy (non-hydrogen) atoms. The second kappa shape index (κ2) is 9.94. The van der Waals surface area contributed by atoms with Gasteiger partial charge in [0.05, 0.1) is 17.4 Å². The number of piperidine rings is 1. The number of carbonyl (C=O) groups is 2. The van der Waals surface area contributed by atoms with Crippen LogP contribution in [0.4, 0.5) is 10.2 Å². The summed E-state index contributed by atoms with van der Waals surface area (Å²) in [6.07, 6.45) is 11.7. The Bertz CT molecular complexity index is 1680. The van der Waals surface area contributed by atoms with Gasteiger partial charge in [-0.15, -0.1) is 5.73 Å². The Balaban J connectivity index is 1.25. The van der Waals surface area contributed by atoms with Crippen LogP contribution < -0.4 is 5.32 Å². The van der Waals surface area contributed by atoms with Crippen LogP contribution in [0.15, 0.2) is 90.9 Å².